The molecule has 0 spiro atoms. The molecule has 6 nitrogen and oxygen atoms in total. The highest BCUT2D eigenvalue weighted by atomic mass is 16.5. The number of ether oxygens (including phenoxy) is 1. The molecule has 0 rings (SSSR count). The number of carbonyl (C=O) groups excluding carboxylic acids is 2. The van der Waals surface area contributed by atoms with E-state index in [4.69, 9.17) is 4.74 Å². The summed E-state index contributed by atoms with van der Waals surface area (Å²) < 4.78 is 5.43. The van der Waals surface area contributed by atoms with Gasteiger partial charge in [-0.25, -0.2) is 0 Å². The molecule has 0 bridgehead atoms. The van der Waals surface area contributed by atoms with Crippen LogP contribution in [0, 0.1) is 0 Å². The van der Waals surface area contributed by atoms with E-state index in [1.807, 2.05) is 6.08 Å². The lowest BCUT2D eigenvalue weighted by Gasteiger charge is -2.20. The van der Waals surface area contributed by atoms with E-state index >= 15 is 0 Å². The van der Waals surface area contributed by atoms with Crippen LogP contribution in [-0.4, -0.2) is 47.4 Å². The molecule has 0 saturated carbocycles. The van der Waals surface area contributed by atoms with E-state index in [1.54, 1.807) is 6.08 Å². The average molecular weight is 941 g/mol. The number of hydrogen-bond donors (Lipinski definition) is 3. The van der Waals surface area contributed by atoms with Crippen molar-refractivity contribution in [3.63, 3.8) is 0 Å². The summed E-state index contributed by atoms with van der Waals surface area (Å²) in [6.45, 7) is 4.84. The third-order valence-corrected chi connectivity index (χ3v) is 13.3. The quantitative estimate of drug-likeness (QED) is 0.0244. The maximum Gasteiger partial charge on any atom is 0.305 e. The van der Waals surface area contributed by atoms with Gasteiger partial charge >= 0.3 is 5.97 Å². The molecule has 2 unspecified atom stereocenters. The predicted molar refractivity (Wildman–Crippen MR) is 292 cm³/mol. The van der Waals surface area contributed by atoms with Crippen LogP contribution in [0.1, 0.15) is 303 Å². The Morgan fingerprint density at radius 1 is 0.418 bits per heavy atom. The second-order valence-electron chi connectivity index (χ2n) is 20.0. The monoisotopic (exact) mass is 940 g/mol. The molecular formula is C61H113NO5. The van der Waals surface area contributed by atoms with Crippen molar-refractivity contribution in [2.75, 3.05) is 13.2 Å². The highest BCUT2D eigenvalue weighted by Crippen LogP contribution is 2.16. The second kappa shape index (κ2) is 56.4. The Labute approximate surface area is 416 Å². The van der Waals surface area contributed by atoms with E-state index in [2.05, 4.69) is 55.6 Å². The highest BCUT2D eigenvalue weighted by Gasteiger charge is 2.18. The van der Waals surface area contributed by atoms with Gasteiger partial charge in [0.15, 0.2) is 0 Å². The number of allylic oxidation sites excluding steroid dienone is 7. The number of nitrogens with one attached hydrogen (secondary N) is 1. The van der Waals surface area contributed by atoms with E-state index in [9.17, 15) is 19.8 Å². The minimum Gasteiger partial charge on any atom is -0.466 e. The van der Waals surface area contributed by atoms with Crippen LogP contribution in [0.2, 0.25) is 0 Å². The van der Waals surface area contributed by atoms with E-state index in [1.165, 1.54) is 199 Å². The fourth-order valence-corrected chi connectivity index (χ4v) is 8.80. The van der Waals surface area contributed by atoms with Gasteiger partial charge in [0.2, 0.25) is 5.91 Å². The van der Waals surface area contributed by atoms with Gasteiger partial charge in [-0.05, 0) is 89.9 Å². The number of carbonyl (C=O) groups is 2. The number of aliphatic hydroxyl groups is 2. The van der Waals surface area contributed by atoms with Crippen molar-refractivity contribution >= 4 is 11.9 Å². The normalized spacial score (nSPS) is 13.0. The molecule has 392 valence electrons. The van der Waals surface area contributed by atoms with Crippen molar-refractivity contribution in [1.29, 1.82) is 0 Å². The van der Waals surface area contributed by atoms with Gasteiger partial charge in [0.05, 0.1) is 25.4 Å². The SMILES string of the molecule is CCCCCC/C=C\CCCCCCCC(=O)OCCCCC/C=C\C=C/CCCCCCCCC(=O)NC(CO)C(O)/C=C/CCCCCCCCCCCCCCCCCCCCCC. The third-order valence-electron chi connectivity index (χ3n) is 13.3. The molecule has 0 fully saturated rings. The minimum absolute atomic E-state index is 0.0323. The summed E-state index contributed by atoms with van der Waals surface area (Å²) in [5.74, 6) is -0.122. The Morgan fingerprint density at radius 3 is 1.16 bits per heavy atom. The van der Waals surface area contributed by atoms with Gasteiger partial charge in [-0.15, -0.1) is 0 Å². The summed E-state index contributed by atoms with van der Waals surface area (Å²) in [7, 11) is 0. The van der Waals surface area contributed by atoms with Crippen molar-refractivity contribution in [2.24, 2.45) is 0 Å². The molecule has 0 saturated heterocycles. The number of rotatable bonds is 54. The zero-order valence-electron chi connectivity index (χ0n) is 44.6. The van der Waals surface area contributed by atoms with Crippen LogP contribution in [0.15, 0.2) is 48.6 Å². The lowest BCUT2D eigenvalue weighted by atomic mass is 10.0. The van der Waals surface area contributed by atoms with E-state index in [-0.39, 0.29) is 18.5 Å². The molecule has 0 aromatic carbocycles. The standard InChI is InChI=1S/C61H113NO5/c1-3-5-7-9-11-13-15-17-18-19-20-21-22-23-24-26-30-33-37-41-45-49-53-59(64)58(57-63)62-60(65)54-50-46-42-38-34-31-27-25-28-32-36-40-44-48-52-56-67-61(66)55-51-47-43-39-35-29-16-14-12-10-8-6-4-2/h14,16,25,28,32,36,49,53,58-59,63-64H,3-13,15,17-24,26-27,29-31,33-35,37-48,50-52,54-57H2,1-2H3,(H,62,65)/b16-14-,28-25-,36-32-,53-49+. The Hall–Kier alpha value is -2.18. The van der Waals surface area contributed by atoms with Crippen LogP contribution in [-0.2, 0) is 14.3 Å². The van der Waals surface area contributed by atoms with E-state index in [0.29, 0.717) is 19.4 Å². The van der Waals surface area contributed by atoms with Crippen molar-refractivity contribution in [1.82, 2.24) is 5.32 Å². The van der Waals surface area contributed by atoms with Gasteiger partial charge in [-0.1, -0.05) is 249 Å². The molecular weight excluding hydrogens is 827 g/mol. The predicted octanol–water partition coefficient (Wildman–Crippen LogP) is 18.2. The number of hydrogen-bond acceptors (Lipinski definition) is 5. The molecule has 0 heterocycles. The first kappa shape index (κ1) is 64.8. The van der Waals surface area contributed by atoms with Crippen LogP contribution in [0.4, 0.5) is 0 Å². The summed E-state index contributed by atoms with van der Waals surface area (Å²) >= 11 is 0. The molecule has 6 heteroatoms. The fraction of sp³-hybridized carbons (Fsp3) is 0.836. The Bertz CT molecular complexity index is 1130. The number of aliphatic hydroxyl groups excluding tert-OH is 2. The Morgan fingerprint density at radius 2 is 0.746 bits per heavy atom. The van der Waals surface area contributed by atoms with Crippen LogP contribution in [0.5, 0.6) is 0 Å². The van der Waals surface area contributed by atoms with Crippen LogP contribution in [0.25, 0.3) is 0 Å². The number of esters is 1. The first-order chi connectivity index (χ1) is 33.0. The maximum absolute atomic E-state index is 12.5. The van der Waals surface area contributed by atoms with Gasteiger partial charge in [0.25, 0.3) is 0 Å². The van der Waals surface area contributed by atoms with Crippen LogP contribution >= 0.6 is 0 Å². The number of amides is 1. The van der Waals surface area contributed by atoms with Gasteiger partial charge in [-0.3, -0.25) is 9.59 Å². The van der Waals surface area contributed by atoms with Crippen molar-refractivity contribution in [3.05, 3.63) is 48.6 Å². The van der Waals surface area contributed by atoms with Gasteiger partial charge in [0, 0.05) is 12.8 Å². The zero-order chi connectivity index (χ0) is 48.6. The molecule has 0 aliphatic carbocycles. The summed E-state index contributed by atoms with van der Waals surface area (Å²) in [5.41, 5.74) is 0. The average Bonchev–Trinajstić information content (AvgIpc) is 3.33. The smallest absolute Gasteiger partial charge is 0.305 e. The molecule has 3 N–H and O–H groups in total. The van der Waals surface area contributed by atoms with Gasteiger partial charge in [0.1, 0.15) is 0 Å². The van der Waals surface area contributed by atoms with E-state index < -0.39 is 12.1 Å². The third kappa shape index (κ3) is 53.0. The lowest BCUT2D eigenvalue weighted by Crippen LogP contribution is -2.45. The summed E-state index contributed by atoms with van der Waals surface area (Å²) in [6.07, 6.45) is 71.4. The zero-order valence-corrected chi connectivity index (χ0v) is 44.6. The highest BCUT2D eigenvalue weighted by molar-refractivity contribution is 5.76. The molecule has 0 aromatic rings. The maximum atomic E-state index is 12.5. The molecule has 0 aliphatic heterocycles. The molecule has 0 radical (unpaired) electrons. The Balaban J connectivity index is 3.56. The summed E-state index contributed by atoms with van der Waals surface area (Å²) in [6, 6.07) is -0.646. The van der Waals surface area contributed by atoms with Crippen LogP contribution in [0.3, 0.4) is 0 Å². The topological polar surface area (TPSA) is 95.9 Å². The fourth-order valence-electron chi connectivity index (χ4n) is 8.80. The molecule has 2 atom stereocenters. The van der Waals surface area contributed by atoms with E-state index in [0.717, 1.165) is 77.0 Å². The van der Waals surface area contributed by atoms with Crippen molar-refractivity contribution in [3.8, 4) is 0 Å². The van der Waals surface area contributed by atoms with Crippen LogP contribution < -0.4 is 5.32 Å². The minimum atomic E-state index is -0.861. The van der Waals surface area contributed by atoms with Gasteiger partial charge in [-0.2, -0.15) is 0 Å². The molecule has 1 amide bonds. The lowest BCUT2D eigenvalue weighted by molar-refractivity contribution is -0.143. The summed E-state index contributed by atoms with van der Waals surface area (Å²) in [5, 5.41) is 23.2. The molecule has 0 aromatic heterocycles. The van der Waals surface area contributed by atoms with Gasteiger partial charge < -0.3 is 20.3 Å². The molecule has 0 aliphatic rings. The van der Waals surface area contributed by atoms with Crippen molar-refractivity contribution in [2.45, 2.75) is 315 Å². The molecule has 67 heavy (non-hydrogen) atoms. The first-order valence-electron chi connectivity index (χ1n) is 29.4. The largest absolute Gasteiger partial charge is 0.466 e. The summed E-state index contributed by atoms with van der Waals surface area (Å²) in [4.78, 5) is 24.5. The Kier molecular flexibility index (Phi) is 54.6. The van der Waals surface area contributed by atoms with Crippen molar-refractivity contribution < 1.29 is 24.5 Å². The second-order valence-corrected chi connectivity index (χ2v) is 20.0. The number of unbranched alkanes of at least 4 members (excludes halogenated alkanes) is 38. The first-order valence-corrected chi connectivity index (χ1v) is 29.4.